The molecular formula is C12H16Ac3N2O7. The fraction of sp³-hybridized carbons (Fsp3) is 0.500. The van der Waals surface area contributed by atoms with Crippen molar-refractivity contribution in [2.45, 2.75) is 24.5 Å². The molecule has 1 aromatic heterocycles. The Hall–Kier alpha value is 2.38. The van der Waals surface area contributed by atoms with Gasteiger partial charge in [0.2, 0.25) is 0 Å². The van der Waals surface area contributed by atoms with E-state index in [9.17, 15) is 25.2 Å². The quantitative estimate of drug-likeness (QED) is 0.234. The molecule has 1 aromatic rings. The maximum atomic E-state index is 12.0. The first kappa shape index (κ1) is 28.6. The number of rotatable bonds is 3. The number of nitrogens with one attached hydrogen (secondary N) is 1. The van der Waals surface area contributed by atoms with Crippen LogP contribution in [0, 0.1) is 132 Å². The van der Waals surface area contributed by atoms with Crippen LogP contribution in [0.2, 0.25) is 0 Å². The van der Waals surface area contributed by atoms with E-state index in [-0.39, 0.29) is 150 Å². The minimum atomic E-state index is -1.51. The number of nitrogens with zero attached hydrogens (tertiary/aromatic N) is 1. The SMILES string of the molecule is COc1ccnc(C(=O)NC2OCC(O)C(O)C2O)c1O.[Ac].[Ac].[Ac]. The maximum absolute atomic E-state index is 12.0. The Kier molecular flexibility index (Phi) is 16.1. The summed E-state index contributed by atoms with van der Waals surface area (Å²) in [6.45, 7) is -0.249. The maximum Gasteiger partial charge on any atom is 0.275 e. The molecule has 0 aliphatic carbocycles. The topological polar surface area (TPSA) is 141 Å². The van der Waals surface area contributed by atoms with E-state index in [0.717, 1.165) is 0 Å². The minimum absolute atomic E-state index is 0. The number of hydrogen-bond acceptors (Lipinski definition) is 8. The van der Waals surface area contributed by atoms with E-state index in [1.165, 1.54) is 19.4 Å². The van der Waals surface area contributed by atoms with E-state index < -0.39 is 36.2 Å². The normalized spacial score (nSPS) is 25.3. The van der Waals surface area contributed by atoms with E-state index in [1.54, 1.807) is 0 Å². The number of aliphatic hydroxyl groups is 3. The molecule has 0 aromatic carbocycles. The number of amides is 1. The molecule has 5 N–H and O–H groups in total. The van der Waals surface area contributed by atoms with Crippen LogP contribution in [0.5, 0.6) is 11.5 Å². The van der Waals surface area contributed by atoms with Crippen molar-refractivity contribution in [1.82, 2.24) is 10.3 Å². The Morgan fingerprint density at radius 3 is 2.50 bits per heavy atom. The summed E-state index contributed by atoms with van der Waals surface area (Å²) in [6.07, 6.45) is -4.16. The third kappa shape index (κ3) is 7.08. The van der Waals surface area contributed by atoms with Crippen LogP contribution in [-0.2, 0) is 4.74 Å². The molecule has 2 rings (SSSR count). The van der Waals surface area contributed by atoms with Gasteiger partial charge >= 0.3 is 0 Å². The van der Waals surface area contributed by atoms with Crippen LogP contribution >= 0.6 is 0 Å². The van der Waals surface area contributed by atoms with Crippen molar-refractivity contribution >= 4 is 5.91 Å². The molecule has 2 heterocycles. The van der Waals surface area contributed by atoms with Crippen molar-refractivity contribution in [3.8, 4) is 11.5 Å². The van der Waals surface area contributed by atoms with Gasteiger partial charge in [0, 0.05) is 144 Å². The van der Waals surface area contributed by atoms with Crippen LogP contribution in [0.25, 0.3) is 0 Å². The van der Waals surface area contributed by atoms with Gasteiger partial charge in [0.1, 0.15) is 18.3 Å². The summed E-state index contributed by atoms with van der Waals surface area (Å²) in [5.41, 5.74) is -0.314. The third-order valence-corrected chi connectivity index (χ3v) is 3.10. The fourth-order valence-corrected chi connectivity index (χ4v) is 1.90. The van der Waals surface area contributed by atoms with Gasteiger partial charge in [-0.15, -0.1) is 0 Å². The van der Waals surface area contributed by atoms with Gasteiger partial charge in [-0.2, -0.15) is 0 Å². The van der Waals surface area contributed by atoms with Crippen molar-refractivity contribution in [1.29, 1.82) is 0 Å². The number of pyridine rings is 1. The summed E-state index contributed by atoms with van der Waals surface area (Å²) >= 11 is 0. The number of aliphatic hydroxyl groups excluding tert-OH is 3. The molecule has 1 aliphatic rings. The van der Waals surface area contributed by atoms with Crippen LogP contribution in [-0.4, -0.2) is 69.6 Å². The second-order valence-electron chi connectivity index (χ2n) is 4.49. The second-order valence-corrected chi connectivity index (χ2v) is 4.49. The molecule has 0 saturated carbocycles. The predicted molar refractivity (Wildman–Crippen MR) is 67.7 cm³/mol. The third-order valence-electron chi connectivity index (χ3n) is 3.10. The molecule has 24 heavy (non-hydrogen) atoms. The number of hydrogen-bond donors (Lipinski definition) is 5. The van der Waals surface area contributed by atoms with Gasteiger partial charge in [-0.25, -0.2) is 4.98 Å². The Morgan fingerprint density at radius 1 is 1.29 bits per heavy atom. The van der Waals surface area contributed by atoms with Crippen LogP contribution in [0.3, 0.4) is 0 Å². The van der Waals surface area contributed by atoms with Crippen LogP contribution in [0.4, 0.5) is 0 Å². The number of carbonyl (C=O) groups is 1. The summed E-state index contributed by atoms with van der Waals surface area (Å²) in [7, 11) is 1.32. The summed E-state index contributed by atoms with van der Waals surface area (Å²) in [6, 6.07) is 1.37. The summed E-state index contributed by atoms with van der Waals surface area (Å²) in [4.78, 5) is 15.7. The van der Waals surface area contributed by atoms with Gasteiger partial charge in [-0.1, -0.05) is 0 Å². The molecular weight excluding hydrogens is 965 g/mol. The molecule has 0 spiro atoms. The molecule has 1 aliphatic heterocycles. The van der Waals surface area contributed by atoms with Crippen molar-refractivity contribution in [2.24, 2.45) is 0 Å². The predicted octanol–water partition coefficient (Wildman–Crippen LogP) is -2.04. The Bertz CT molecular complexity index is 537. The van der Waals surface area contributed by atoms with Crippen molar-refractivity contribution in [3.05, 3.63) is 18.0 Å². The molecule has 9 nitrogen and oxygen atoms in total. The number of aromatic nitrogens is 1. The molecule has 4 unspecified atom stereocenters. The van der Waals surface area contributed by atoms with Crippen molar-refractivity contribution in [2.75, 3.05) is 13.7 Å². The number of methoxy groups -OCH3 is 1. The van der Waals surface area contributed by atoms with E-state index in [2.05, 4.69) is 10.3 Å². The van der Waals surface area contributed by atoms with Gasteiger partial charge in [0.05, 0.1) is 13.7 Å². The van der Waals surface area contributed by atoms with Crippen LogP contribution in [0.15, 0.2) is 12.3 Å². The second kappa shape index (κ2) is 13.5. The Morgan fingerprint density at radius 2 is 1.92 bits per heavy atom. The van der Waals surface area contributed by atoms with Crippen molar-refractivity contribution in [3.63, 3.8) is 0 Å². The van der Waals surface area contributed by atoms with Gasteiger partial charge in [-0.3, -0.25) is 4.79 Å². The fourth-order valence-electron chi connectivity index (χ4n) is 1.90. The van der Waals surface area contributed by atoms with E-state index >= 15 is 0 Å². The van der Waals surface area contributed by atoms with E-state index in [0.29, 0.717) is 0 Å². The zero-order chi connectivity index (χ0) is 15.6. The largest absolute Gasteiger partial charge is 0.503 e. The number of carbonyl (C=O) groups excluding carboxylic acids is 1. The molecule has 1 fully saturated rings. The average molecular weight is 981 g/mol. The molecule has 4 atom stereocenters. The molecule has 125 valence electrons. The van der Waals surface area contributed by atoms with Crippen molar-refractivity contribution < 1.29 is 167 Å². The smallest absolute Gasteiger partial charge is 0.275 e. The van der Waals surface area contributed by atoms with E-state index in [4.69, 9.17) is 9.47 Å². The van der Waals surface area contributed by atoms with Crippen LogP contribution < -0.4 is 10.1 Å². The zero-order valence-corrected chi connectivity index (χ0v) is 27.1. The number of aromatic hydroxyl groups is 1. The Balaban J connectivity index is 0. The van der Waals surface area contributed by atoms with Gasteiger partial charge in [0.15, 0.2) is 23.4 Å². The first-order valence-electron chi connectivity index (χ1n) is 6.14. The first-order chi connectivity index (χ1) is 9.95. The molecule has 0 bridgehead atoms. The summed E-state index contributed by atoms with van der Waals surface area (Å²) < 4.78 is 9.88. The Labute approximate surface area is 245 Å². The first-order valence-corrected chi connectivity index (χ1v) is 6.14. The summed E-state index contributed by atoms with van der Waals surface area (Å²) in [5.74, 6) is -1.21. The van der Waals surface area contributed by atoms with E-state index in [1.807, 2.05) is 0 Å². The standard InChI is InChI=1S/C12H16N2O7.3Ac/c1-20-6-2-3-13-7(9(6)17)11(19)14-12-10(18)8(16)5(15)4-21-12;;;/h2-3,5,8,10,12,15-18H,4H2,1H3,(H,14,19);;;. The minimum Gasteiger partial charge on any atom is -0.503 e. The monoisotopic (exact) mass is 981 g/mol. The molecule has 1 amide bonds. The van der Waals surface area contributed by atoms with Crippen LogP contribution in [0.1, 0.15) is 10.5 Å². The zero-order valence-electron chi connectivity index (χ0n) is 12.9. The summed E-state index contributed by atoms with van der Waals surface area (Å²) in [5, 5.41) is 40.6. The van der Waals surface area contributed by atoms with Gasteiger partial charge < -0.3 is 35.2 Å². The number of ether oxygens (including phenoxy) is 2. The molecule has 3 radical (unpaired) electrons. The van der Waals surface area contributed by atoms with Gasteiger partial charge in [-0.05, 0) is 0 Å². The molecule has 1 saturated heterocycles. The van der Waals surface area contributed by atoms with Gasteiger partial charge in [0.25, 0.3) is 5.91 Å². The molecule has 12 heteroatoms. The average Bonchev–Trinajstić information content (AvgIpc) is 2.48.